The monoisotopic (exact) mass is 303 g/mol. The van der Waals surface area contributed by atoms with Gasteiger partial charge in [-0.2, -0.15) is 0 Å². The first-order valence-corrected chi connectivity index (χ1v) is 7.14. The molecule has 0 bridgehead atoms. The number of rotatable bonds is 5. The summed E-state index contributed by atoms with van der Waals surface area (Å²) < 4.78 is 5.09. The molecule has 2 aromatic rings. The number of ether oxygens (including phenoxy) is 1. The fourth-order valence-corrected chi connectivity index (χ4v) is 2.18. The van der Waals surface area contributed by atoms with Crippen molar-refractivity contribution >= 4 is 17.5 Å². The van der Waals surface area contributed by atoms with Gasteiger partial charge in [-0.05, 0) is 42.3 Å². The molecule has 0 radical (unpaired) electrons. The molecule has 0 aromatic heterocycles. The number of benzene rings is 2. The molecule has 2 rings (SSSR count). The Bertz CT molecular complexity index is 593. The normalized spacial score (nSPS) is 11.8. The highest BCUT2D eigenvalue weighted by Gasteiger charge is 2.10. The van der Waals surface area contributed by atoms with Crippen LogP contribution in [0, 0.1) is 0 Å². The standard InChI is InChI=1S/C17H18ClNO2/c1-12(14-5-7-15(18)8-6-14)19-17(20)11-13-3-9-16(21-2)10-4-13/h3-10,12H,11H2,1-2H3,(H,19,20)/t12-/m1/s1. The lowest BCUT2D eigenvalue weighted by Gasteiger charge is -2.14. The van der Waals surface area contributed by atoms with E-state index in [4.69, 9.17) is 16.3 Å². The van der Waals surface area contributed by atoms with E-state index < -0.39 is 0 Å². The second-order valence-electron chi connectivity index (χ2n) is 4.87. The van der Waals surface area contributed by atoms with E-state index in [-0.39, 0.29) is 11.9 Å². The van der Waals surface area contributed by atoms with Crippen LogP contribution in [0.1, 0.15) is 24.1 Å². The van der Waals surface area contributed by atoms with Crippen molar-refractivity contribution in [3.8, 4) is 5.75 Å². The van der Waals surface area contributed by atoms with Gasteiger partial charge in [-0.25, -0.2) is 0 Å². The second kappa shape index (κ2) is 7.14. The van der Waals surface area contributed by atoms with E-state index in [0.29, 0.717) is 11.4 Å². The lowest BCUT2D eigenvalue weighted by atomic mass is 10.1. The lowest BCUT2D eigenvalue weighted by Crippen LogP contribution is -2.28. The highest BCUT2D eigenvalue weighted by molar-refractivity contribution is 6.30. The van der Waals surface area contributed by atoms with Gasteiger partial charge >= 0.3 is 0 Å². The third-order valence-electron chi connectivity index (χ3n) is 3.27. The van der Waals surface area contributed by atoms with E-state index in [0.717, 1.165) is 16.9 Å². The van der Waals surface area contributed by atoms with Gasteiger partial charge in [0, 0.05) is 5.02 Å². The van der Waals surface area contributed by atoms with Gasteiger partial charge in [0.15, 0.2) is 0 Å². The van der Waals surface area contributed by atoms with Gasteiger partial charge in [0.1, 0.15) is 5.75 Å². The Kier molecular flexibility index (Phi) is 5.23. The fourth-order valence-electron chi connectivity index (χ4n) is 2.06. The number of methoxy groups -OCH3 is 1. The van der Waals surface area contributed by atoms with Crippen LogP contribution in [0.4, 0.5) is 0 Å². The second-order valence-corrected chi connectivity index (χ2v) is 5.30. The first kappa shape index (κ1) is 15.4. The Morgan fingerprint density at radius 3 is 2.33 bits per heavy atom. The van der Waals surface area contributed by atoms with Crippen LogP contribution in [0.25, 0.3) is 0 Å². The maximum atomic E-state index is 12.0. The van der Waals surface area contributed by atoms with Crippen LogP contribution in [0.2, 0.25) is 5.02 Å². The van der Waals surface area contributed by atoms with E-state index in [2.05, 4.69) is 5.32 Å². The average molecular weight is 304 g/mol. The van der Waals surface area contributed by atoms with Crippen LogP contribution < -0.4 is 10.1 Å². The minimum absolute atomic E-state index is 0.0115. The quantitative estimate of drug-likeness (QED) is 0.913. The zero-order valence-corrected chi connectivity index (χ0v) is 12.9. The van der Waals surface area contributed by atoms with Gasteiger partial charge in [-0.1, -0.05) is 35.9 Å². The van der Waals surface area contributed by atoms with Crippen molar-refractivity contribution in [1.82, 2.24) is 5.32 Å². The van der Waals surface area contributed by atoms with Crippen LogP contribution >= 0.6 is 11.6 Å². The van der Waals surface area contributed by atoms with Crippen molar-refractivity contribution in [1.29, 1.82) is 0 Å². The number of carbonyl (C=O) groups is 1. The highest BCUT2D eigenvalue weighted by Crippen LogP contribution is 2.16. The Balaban J connectivity index is 1.92. The van der Waals surface area contributed by atoms with E-state index in [9.17, 15) is 4.79 Å². The molecule has 4 heteroatoms. The lowest BCUT2D eigenvalue weighted by molar-refractivity contribution is -0.121. The SMILES string of the molecule is COc1ccc(CC(=O)N[C@H](C)c2ccc(Cl)cc2)cc1. The summed E-state index contributed by atoms with van der Waals surface area (Å²) in [4.78, 5) is 12.0. The maximum absolute atomic E-state index is 12.0. The molecule has 0 aliphatic rings. The van der Waals surface area contributed by atoms with Crippen molar-refractivity contribution < 1.29 is 9.53 Å². The summed E-state index contributed by atoms with van der Waals surface area (Å²) in [5.74, 6) is 0.774. The predicted molar refractivity (Wildman–Crippen MR) is 84.7 cm³/mol. The molecule has 0 saturated heterocycles. The molecule has 0 unspecified atom stereocenters. The number of nitrogens with one attached hydrogen (secondary N) is 1. The average Bonchev–Trinajstić information content (AvgIpc) is 2.48. The summed E-state index contributed by atoms with van der Waals surface area (Å²) in [5.41, 5.74) is 1.99. The summed E-state index contributed by atoms with van der Waals surface area (Å²) in [7, 11) is 1.62. The van der Waals surface area contributed by atoms with Crippen LogP contribution in [-0.2, 0) is 11.2 Å². The molecule has 1 amide bonds. The molecular weight excluding hydrogens is 286 g/mol. The third kappa shape index (κ3) is 4.50. The number of amides is 1. The molecule has 0 aliphatic carbocycles. The van der Waals surface area contributed by atoms with Crippen LogP contribution in [-0.4, -0.2) is 13.0 Å². The molecule has 3 nitrogen and oxygen atoms in total. The predicted octanol–water partition coefficient (Wildman–Crippen LogP) is 3.77. The van der Waals surface area contributed by atoms with Crippen molar-refractivity contribution in [3.63, 3.8) is 0 Å². The number of carbonyl (C=O) groups excluding carboxylic acids is 1. The Morgan fingerprint density at radius 1 is 1.14 bits per heavy atom. The Hall–Kier alpha value is -2.00. The van der Waals surface area contributed by atoms with Gasteiger partial charge in [-0.15, -0.1) is 0 Å². The minimum Gasteiger partial charge on any atom is -0.497 e. The molecule has 0 aliphatic heterocycles. The molecule has 2 aromatic carbocycles. The zero-order valence-electron chi connectivity index (χ0n) is 12.1. The van der Waals surface area contributed by atoms with Gasteiger partial charge < -0.3 is 10.1 Å². The summed E-state index contributed by atoms with van der Waals surface area (Å²) in [6.45, 7) is 1.95. The smallest absolute Gasteiger partial charge is 0.224 e. The number of hydrogen-bond donors (Lipinski definition) is 1. The van der Waals surface area contributed by atoms with E-state index in [1.807, 2.05) is 55.5 Å². The summed E-state index contributed by atoms with van der Waals surface area (Å²) in [6, 6.07) is 14.9. The summed E-state index contributed by atoms with van der Waals surface area (Å²) in [6.07, 6.45) is 0.349. The van der Waals surface area contributed by atoms with E-state index >= 15 is 0 Å². The van der Waals surface area contributed by atoms with Crippen LogP contribution in [0.5, 0.6) is 5.75 Å². The van der Waals surface area contributed by atoms with Gasteiger partial charge in [0.2, 0.25) is 5.91 Å². The summed E-state index contributed by atoms with van der Waals surface area (Å²) in [5, 5.41) is 3.67. The largest absolute Gasteiger partial charge is 0.497 e. The van der Waals surface area contributed by atoms with Gasteiger partial charge in [-0.3, -0.25) is 4.79 Å². The molecular formula is C17H18ClNO2. The molecule has 0 saturated carbocycles. The molecule has 1 N–H and O–H groups in total. The number of halogens is 1. The molecule has 1 atom stereocenters. The molecule has 21 heavy (non-hydrogen) atoms. The first-order chi connectivity index (χ1) is 10.1. The van der Waals surface area contributed by atoms with Gasteiger partial charge in [0.25, 0.3) is 0 Å². The maximum Gasteiger partial charge on any atom is 0.224 e. The molecule has 0 heterocycles. The van der Waals surface area contributed by atoms with Crippen molar-refractivity contribution in [2.45, 2.75) is 19.4 Å². The van der Waals surface area contributed by atoms with Crippen molar-refractivity contribution in [2.75, 3.05) is 7.11 Å². The Labute approximate surface area is 129 Å². The zero-order chi connectivity index (χ0) is 15.2. The third-order valence-corrected chi connectivity index (χ3v) is 3.52. The summed E-state index contributed by atoms with van der Waals surface area (Å²) >= 11 is 5.86. The minimum atomic E-state index is -0.0481. The number of hydrogen-bond acceptors (Lipinski definition) is 2. The van der Waals surface area contributed by atoms with Gasteiger partial charge in [0.05, 0.1) is 19.6 Å². The van der Waals surface area contributed by atoms with E-state index in [1.165, 1.54) is 0 Å². The molecule has 110 valence electrons. The topological polar surface area (TPSA) is 38.3 Å². The molecule has 0 fully saturated rings. The van der Waals surface area contributed by atoms with Crippen molar-refractivity contribution in [2.24, 2.45) is 0 Å². The highest BCUT2D eigenvalue weighted by atomic mass is 35.5. The van der Waals surface area contributed by atoms with Crippen LogP contribution in [0.15, 0.2) is 48.5 Å². The first-order valence-electron chi connectivity index (χ1n) is 6.76. The van der Waals surface area contributed by atoms with E-state index in [1.54, 1.807) is 7.11 Å². The molecule has 0 spiro atoms. The van der Waals surface area contributed by atoms with Crippen LogP contribution in [0.3, 0.4) is 0 Å². The fraction of sp³-hybridized carbons (Fsp3) is 0.235. The Morgan fingerprint density at radius 2 is 1.76 bits per heavy atom. The van der Waals surface area contributed by atoms with Crippen molar-refractivity contribution in [3.05, 3.63) is 64.7 Å².